The average Bonchev–Trinajstić information content (AvgIpc) is 3.10. The third-order valence-electron chi connectivity index (χ3n) is 4.98. The van der Waals surface area contributed by atoms with E-state index < -0.39 is 29.5 Å². The maximum atomic E-state index is 13.1. The van der Waals surface area contributed by atoms with Gasteiger partial charge in [-0.15, -0.1) is 0 Å². The molecule has 8 nitrogen and oxygen atoms in total. The summed E-state index contributed by atoms with van der Waals surface area (Å²) >= 11 is 0. The Kier molecular flexibility index (Phi) is 7.61. The molecule has 0 radical (unpaired) electrons. The van der Waals surface area contributed by atoms with Crippen LogP contribution in [0.4, 0.5) is 0 Å². The average molecular weight is 467 g/mol. The zero-order chi connectivity index (χ0) is 24.9. The van der Waals surface area contributed by atoms with Gasteiger partial charge in [0.1, 0.15) is 29.6 Å². The smallest absolute Gasteiger partial charge is 0.354 e. The first-order valence-corrected chi connectivity index (χ1v) is 11.1. The number of aromatic nitrogens is 1. The summed E-state index contributed by atoms with van der Waals surface area (Å²) in [6.45, 7) is 6.93. The summed E-state index contributed by atoms with van der Waals surface area (Å²) in [4.78, 5) is 38.5. The van der Waals surface area contributed by atoms with Crippen LogP contribution in [0.5, 0.6) is 5.75 Å². The SMILES string of the molecule is CCOC(=O)c1cc2cc(O)ccc2n1CC(=O)N[C@@H](Cc1ccccc1)C(=O)OC(C)(C)C. The van der Waals surface area contributed by atoms with Crippen LogP contribution in [-0.2, 0) is 32.0 Å². The quantitative estimate of drug-likeness (QED) is 0.492. The van der Waals surface area contributed by atoms with Crippen molar-refractivity contribution >= 4 is 28.7 Å². The number of fused-ring (bicyclic) bond motifs is 1. The minimum absolute atomic E-state index is 0.0392. The monoisotopic (exact) mass is 466 g/mol. The fourth-order valence-electron chi connectivity index (χ4n) is 3.60. The van der Waals surface area contributed by atoms with Crippen molar-refractivity contribution in [2.45, 2.75) is 52.3 Å². The van der Waals surface area contributed by atoms with Gasteiger partial charge in [0, 0.05) is 17.3 Å². The van der Waals surface area contributed by atoms with E-state index in [4.69, 9.17) is 9.47 Å². The second-order valence-electron chi connectivity index (χ2n) is 8.92. The molecule has 0 saturated carbocycles. The molecule has 3 rings (SSSR count). The van der Waals surface area contributed by atoms with Crippen LogP contribution >= 0.6 is 0 Å². The van der Waals surface area contributed by atoms with E-state index in [1.54, 1.807) is 39.8 Å². The van der Waals surface area contributed by atoms with Gasteiger partial charge in [-0.05, 0) is 57.5 Å². The lowest BCUT2D eigenvalue weighted by atomic mass is 10.1. The van der Waals surface area contributed by atoms with E-state index in [1.807, 2.05) is 30.3 Å². The molecule has 0 aliphatic rings. The first kappa shape index (κ1) is 24.8. The van der Waals surface area contributed by atoms with Crippen LogP contribution in [0.15, 0.2) is 54.6 Å². The van der Waals surface area contributed by atoms with Gasteiger partial charge in [-0.25, -0.2) is 9.59 Å². The molecule has 1 atom stereocenters. The number of phenolic OH excluding ortho intramolecular Hbond substituents is 1. The van der Waals surface area contributed by atoms with Gasteiger partial charge in [-0.2, -0.15) is 0 Å². The van der Waals surface area contributed by atoms with Gasteiger partial charge in [0.2, 0.25) is 5.91 Å². The molecule has 0 bridgehead atoms. The Bertz CT molecular complexity index is 1180. The van der Waals surface area contributed by atoms with Crippen molar-refractivity contribution in [3.05, 3.63) is 65.9 Å². The number of hydrogen-bond donors (Lipinski definition) is 2. The molecular formula is C26H30N2O6. The molecule has 2 N–H and O–H groups in total. The number of rotatable bonds is 8. The number of esters is 2. The zero-order valence-corrected chi connectivity index (χ0v) is 19.8. The number of nitrogens with one attached hydrogen (secondary N) is 1. The molecule has 0 spiro atoms. The van der Waals surface area contributed by atoms with Crippen molar-refractivity contribution in [1.29, 1.82) is 0 Å². The van der Waals surface area contributed by atoms with Gasteiger partial charge < -0.3 is 24.5 Å². The maximum absolute atomic E-state index is 13.1. The standard InChI is InChI=1S/C26H30N2O6/c1-5-33-25(32)22-15-18-14-19(29)11-12-21(18)28(22)16-23(30)27-20(24(31)34-26(2,3)4)13-17-9-7-6-8-10-17/h6-12,14-15,20,29H,5,13,16H2,1-4H3,(H,27,30)/t20-/m0/s1. The molecule has 0 fully saturated rings. The number of phenols is 1. The van der Waals surface area contributed by atoms with E-state index in [-0.39, 0.29) is 31.0 Å². The minimum Gasteiger partial charge on any atom is -0.508 e. The highest BCUT2D eigenvalue weighted by Crippen LogP contribution is 2.25. The molecule has 3 aromatic rings. The molecule has 8 heteroatoms. The summed E-state index contributed by atoms with van der Waals surface area (Å²) in [6, 6.07) is 14.6. The number of ether oxygens (including phenoxy) is 2. The summed E-state index contributed by atoms with van der Waals surface area (Å²) < 4.78 is 12.2. The van der Waals surface area contributed by atoms with Crippen LogP contribution in [0.2, 0.25) is 0 Å². The van der Waals surface area contributed by atoms with Crippen LogP contribution in [0.1, 0.15) is 43.7 Å². The highest BCUT2D eigenvalue weighted by Gasteiger charge is 2.28. The second-order valence-corrected chi connectivity index (χ2v) is 8.92. The topological polar surface area (TPSA) is 107 Å². The van der Waals surface area contributed by atoms with E-state index >= 15 is 0 Å². The molecule has 1 heterocycles. The highest BCUT2D eigenvalue weighted by molar-refractivity contribution is 5.97. The van der Waals surface area contributed by atoms with Gasteiger partial charge in [-0.3, -0.25) is 4.79 Å². The number of nitrogens with zero attached hydrogens (tertiary/aromatic N) is 1. The molecular weight excluding hydrogens is 436 g/mol. The lowest BCUT2D eigenvalue weighted by Gasteiger charge is -2.25. The molecule has 0 saturated heterocycles. The molecule has 0 aliphatic carbocycles. The molecule has 2 aromatic carbocycles. The van der Waals surface area contributed by atoms with Gasteiger partial charge in [0.05, 0.1) is 6.61 Å². The van der Waals surface area contributed by atoms with Crippen molar-refractivity contribution in [3.8, 4) is 5.75 Å². The molecule has 34 heavy (non-hydrogen) atoms. The minimum atomic E-state index is -0.911. The highest BCUT2D eigenvalue weighted by atomic mass is 16.6. The first-order chi connectivity index (χ1) is 16.1. The third kappa shape index (κ3) is 6.37. The fourth-order valence-corrected chi connectivity index (χ4v) is 3.60. The number of aromatic hydroxyl groups is 1. The summed E-state index contributed by atoms with van der Waals surface area (Å²) in [5.74, 6) is -1.56. The second kappa shape index (κ2) is 10.4. The zero-order valence-electron chi connectivity index (χ0n) is 19.8. The van der Waals surface area contributed by atoms with E-state index in [0.29, 0.717) is 10.9 Å². The van der Waals surface area contributed by atoms with Crippen molar-refractivity contribution in [2.24, 2.45) is 0 Å². The van der Waals surface area contributed by atoms with Gasteiger partial charge >= 0.3 is 11.9 Å². The predicted molar refractivity (Wildman–Crippen MR) is 127 cm³/mol. The number of hydrogen-bond acceptors (Lipinski definition) is 6. The Morgan fingerprint density at radius 1 is 1.06 bits per heavy atom. The molecule has 0 unspecified atom stereocenters. The van der Waals surface area contributed by atoms with Crippen molar-refractivity contribution < 1.29 is 29.0 Å². The lowest BCUT2D eigenvalue weighted by Crippen LogP contribution is -2.46. The van der Waals surface area contributed by atoms with Crippen molar-refractivity contribution in [1.82, 2.24) is 9.88 Å². The largest absolute Gasteiger partial charge is 0.508 e. The Labute approximate surface area is 198 Å². The summed E-state index contributed by atoms with van der Waals surface area (Å²) in [5.41, 5.74) is 0.905. The number of amides is 1. The summed E-state index contributed by atoms with van der Waals surface area (Å²) in [7, 11) is 0. The molecule has 1 aromatic heterocycles. The van der Waals surface area contributed by atoms with E-state index in [9.17, 15) is 19.5 Å². The van der Waals surface area contributed by atoms with Crippen LogP contribution in [-0.4, -0.2) is 45.8 Å². The Balaban J connectivity index is 1.87. The van der Waals surface area contributed by atoms with E-state index in [2.05, 4.69) is 5.32 Å². The molecule has 1 amide bonds. The summed E-state index contributed by atoms with van der Waals surface area (Å²) in [6.07, 6.45) is 0.256. The van der Waals surface area contributed by atoms with Crippen LogP contribution < -0.4 is 5.32 Å². The van der Waals surface area contributed by atoms with Crippen molar-refractivity contribution in [2.75, 3.05) is 6.61 Å². The van der Waals surface area contributed by atoms with E-state index in [1.165, 1.54) is 16.7 Å². The number of carbonyl (C=O) groups excluding carboxylic acids is 3. The number of benzene rings is 2. The third-order valence-corrected chi connectivity index (χ3v) is 4.98. The Morgan fingerprint density at radius 2 is 1.76 bits per heavy atom. The molecule has 180 valence electrons. The van der Waals surface area contributed by atoms with Crippen LogP contribution in [0.25, 0.3) is 10.9 Å². The van der Waals surface area contributed by atoms with Crippen molar-refractivity contribution in [3.63, 3.8) is 0 Å². The van der Waals surface area contributed by atoms with Gasteiger partial charge in [0.15, 0.2) is 0 Å². The first-order valence-electron chi connectivity index (χ1n) is 11.1. The Hall–Kier alpha value is -3.81. The van der Waals surface area contributed by atoms with Gasteiger partial charge in [-0.1, -0.05) is 30.3 Å². The molecule has 0 aliphatic heterocycles. The van der Waals surface area contributed by atoms with Gasteiger partial charge in [0.25, 0.3) is 0 Å². The summed E-state index contributed by atoms with van der Waals surface area (Å²) in [5, 5.41) is 13.2. The van der Waals surface area contributed by atoms with Crippen LogP contribution in [0.3, 0.4) is 0 Å². The maximum Gasteiger partial charge on any atom is 0.354 e. The van der Waals surface area contributed by atoms with Crippen LogP contribution in [0, 0.1) is 0 Å². The fraction of sp³-hybridized carbons (Fsp3) is 0.346. The predicted octanol–water partition coefficient (Wildman–Crippen LogP) is 3.59. The Morgan fingerprint density at radius 3 is 2.41 bits per heavy atom. The van der Waals surface area contributed by atoms with E-state index in [0.717, 1.165) is 5.56 Å². The number of carbonyl (C=O) groups is 3. The lowest BCUT2D eigenvalue weighted by molar-refractivity contribution is -0.158. The normalized spacial score (nSPS) is 12.2.